The topological polar surface area (TPSA) is 76.7 Å². The molecule has 0 radical (unpaired) electrons. The molecule has 0 fully saturated rings. The van der Waals surface area contributed by atoms with E-state index in [4.69, 9.17) is 9.47 Å². The van der Waals surface area contributed by atoms with Crippen molar-refractivity contribution in [3.05, 3.63) is 59.4 Å². The Balaban J connectivity index is 2.14. The Morgan fingerprint density at radius 3 is 2.19 bits per heavy atom. The maximum absolute atomic E-state index is 13.9. The van der Waals surface area contributed by atoms with Crippen molar-refractivity contribution < 1.29 is 23.5 Å². The Kier molecular flexibility index (Phi) is 8.85. The SMILES string of the molecule is CCOc1ccc(C(C)NC(=O)C(NC(=O)c2ccccc2F)C(C)C)cc1OCC. The monoisotopic (exact) mass is 430 g/mol. The van der Waals surface area contributed by atoms with Crippen LogP contribution in [-0.4, -0.2) is 31.1 Å². The highest BCUT2D eigenvalue weighted by Gasteiger charge is 2.27. The third-order valence-electron chi connectivity index (χ3n) is 4.78. The second-order valence-electron chi connectivity index (χ2n) is 7.48. The molecule has 0 aliphatic heterocycles. The number of carbonyl (C=O) groups excluding carboxylic acids is 2. The van der Waals surface area contributed by atoms with Gasteiger partial charge in [-0.1, -0.05) is 32.0 Å². The summed E-state index contributed by atoms with van der Waals surface area (Å²) in [6.07, 6.45) is 0. The van der Waals surface area contributed by atoms with Gasteiger partial charge in [-0.25, -0.2) is 4.39 Å². The lowest BCUT2D eigenvalue weighted by Crippen LogP contribution is -2.50. The summed E-state index contributed by atoms with van der Waals surface area (Å²) in [7, 11) is 0. The highest BCUT2D eigenvalue weighted by atomic mass is 19.1. The van der Waals surface area contributed by atoms with Crippen LogP contribution >= 0.6 is 0 Å². The summed E-state index contributed by atoms with van der Waals surface area (Å²) in [4.78, 5) is 25.4. The molecular formula is C24H31FN2O4. The van der Waals surface area contributed by atoms with Crippen molar-refractivity contribution in [2.75, 3.05) is 13.2 Å². The lowest BCUT2D eigenvalue weighted by molar-refractivity contribution is -0.124. The summed E-state index contributed by atoms with van der Waals surface area (Å²) in [6.45, 7) is 10.3. The van der Waals surface area contributed by atoms with Crippen LogP contribution < -0.4 is 20.1 Å². The van der Waals surface area contributed by atoms with Gasteiger partial charge in [0, 0.05) is 0 Å². The van der Waals surface area contributed by atoms with E-state index in [0.29, 0.717) is 24.7 Å². The molecule has 2 aromatic carbocycles. The summed E-state index contributed by atoms with van der Waals surface area (Å²) in [6, 6.07) is 10.0. The average Bonchev–Trinajstić information content (AvgIpc) is 2.73. The zero-order valence-electron chi connectivity index (χ0n) is 18.7. The first-order valence-electron chi connectivity index (χ1n) is 10.5. The highest BCUT2D eigenvalue weighted by Crippen LogP contribution is 2.30. The van der Waals surface area contributed by atoms with E-state index in [1.54, 1.807) is 6.07 Å². The molecule has 2 amide bonds. The summed E-state index contributed by atoms with van der Waals surface area (Å²) in [5, 5.41) is 5.58. The number of nitrogens with one attached hydrogen (secondary N) is 2. The molecular weight excluding hydrogens is 399 g/mol. The van der Waals surface area contributed by atoms with Crippen LogP contribution in [0, 0.1) is 11.7 Å². The minimum absolute atomic E-state index is 0.0955. The van der Waals surface area contributed by atoms with Gasteiger partial charge in [-0.3, -0.25) is 9.59 Å². The van der Waals surface area contributed by atoms with Crippen molar-refractivity contribution in [2.45, 2.75) is 46.7 Å². The normalized spacial score (nSPS) is 12.7. The number of carbonyl (C=O) groups is 2. The lowest BCUT2D eigenvalue weighted by Gasteiger charge is -2.24. The maximum atomic E-state index is 13.9. The van der Waals surface area contributed by atoms with Gasteiger partial charge in [-0.15, -0.1) is 0 Å². The van der Waals surface area contributed by atoms with E-state index in [0.717, 1.165) is 5.56 Å². The van der Waals surface area contributed by atoms with Crippen molar-refractivity contribution in [1.29, 1.82) is 0 Å². The van der Waals surface area contributed by atoms with E-state index in [-0.39, 0.29) is 23.4 Å². The molecule has 0 saturated heterocycles. The van der Waals surface area contributed by atoms with E-state index < -0.39 is 17.8 Å². The van der Waals surface area contributed by atoms with E-state index in [9.17, 15) is 14.0 Å². The van der Waals surface area contributed by atoms with Crippen molar-refractivity contribution >= 4 is 11.8 Å². The fraction of sp³-hybridized carbons (Fsp3) is 0.417. The number of benzene rings is 2. The van der Waals surface area contributed by atoms with Crippen LogP contribution in [-0.2, 0) is 4.79 Å². The summed E-state index contributed by atoms with van der Waals surface area (Å²) >= 11 is 0. The number of rotatable bonds is 10. The van der Waals surface area contributed by atoms with Gasteiger partial charge in [-0.05, 0) is 56.5 Å². The number of ether oxygens (including phenoxy) is 2. The highest BCUT2D eigenvalue weighted by molar-refractivity contribution is 5.97. The Hall–Kier alpha value is -3.09. The third kappa shape index (κ3) is 6.44. The molecule has 0 aromatic heterocycles. The van der Waals surface area contributed by atoms with Gasteiger partial charge in [0.25, 0.3) is 5.91 Å². The molecule has 0 aliphatic carbocycles. The van der Waals surface area contributed by atoms with Crippen LogP contribution in [0.5, 0.6) is 11.5 Å². The number of halogens is 1. The predicted molar refractivity (Wildman–Crippen MR) is 118 cm³/mol. The van der Waals surface area contributed by atoms with Gasteiger partial charge in [0.1, 0.15) is 11.9 Å². The quantitative estimate of drug-likeness (QED) is 0.591. The minimum atomic E-state index is -0.816. The molecule has 168 valence electrons. The van der Waals surface area contributed by atoms with Crippen LogP contribution in [0.25, 0.3) is 0 Å². The van der Waals surface area contributed by atoms with Gasteiger partial charge >= 0.3 is 0 Å². The van der Waals surface area contributed by atoms with Crippen molar-refractivity contribution in [1.82, 2.24) is 10.6 Å². The molecule has 0 heterocycles. The molecule has 2 aromatic rings. The number of hydrogen-bond acceptors (Lipinski definition) is 4. The van der Waals surface area contributed by atoms with E-state index in [1.807, 2.05) is 52.8 Å². The first-order valence-corrected chi connectivity index (χ1v) is 10.5. The molecule has 0 aliphatic rings. The van der Waals surface area contributed by atoms with Gasteiger partial charge < -0.3 is 20.1 Å². The van der Waals surface area contributed by atoms with Crippen LogP contribution in [0.15, 0.2) is 42.5 Å². The fourth-order valence-corrected chi connectivity index (χ4v) is 3.12. The standard InChI is InChI=1S/C24H31FN2O4/c1-6-30-20-13-12-17(14-21(20)31-7-2)16(5)26-24(29)22(15(3)4)27-23(28)18-10-8-9-11-19(18)25/h8-16,22H,6-7H2,1-5H3,(H,26,29)(H,27,28). The van der Waals surface area contributed by atoms with Gasteiger partial charge in [0.2, 0.25) is 5.91 Å². The summed E-state index contributed by atoms with van der Waals surface area (Å²) < 4.78 is 25.2. The van der Waals surface area contributed by atoms with E-state index >= 15 is 0 Å². The summed E-state index contributed by atoms with van der Waals surface area (Å²) in [5.41, 5.74) is 0.741. The second-order valence-corrected chi connectivity index (χ2v) is 7.48. The molecule has 2 atom stereocenters. The van der Waals surface area contributed by atoms with Crippen LogP contribution in [0.3, 0.4) is 0 Å². The zero-order chi connectivity index (χ0) is 23.0. The number of amides is 2. The first-order chi connectivity index (χ1) is 14.8. The minimum Gasteiger partial charge on any atom is -0.490 e. The predicted octanol–water partition coefficient (Wildman–Crippen LogP) is 4.25. The van der Waals surface area contributed by atoms with Crippen molar-refractivity contribution in [2.24, 2.45) is 5.92 Å². The third-order valence-corrected chi connectivity index (χ3v) is 4.78. The lowest BCUT2D eigenvalue weighted by atomic mass is 10.0. The second kappa shape index (κ2) is 11.3. The van der Waals surface area contributed by atoms with Gasteiger partial charge in [0.05, 0.1) is 24.8 Å². The molecule has 2 rings (SSSR count). The first kappa shape index (κ1) is 24.2. The molecule has 0 bridgehead atoms. The van der Waals surface area contributed by atoms with Crippen LogP contribution in [0.1, 0.15) is 56.6 Å². The Morgan fingerprint density at radius 1 is 0.935 bits per heavy atom. The Labute approximate surface area is 183 Å². The molecule has 0 saturated carbocycles. The Bertz CT molecular complexity index is 901. The van der Waals surface area contributed by atoms with E-state index in [1.165, 1.54) is 18.2 Å². The van der Waals surface area contributed by atoms with Gasteiger partial charge in [-0.2, -0.15) is 0 Å². The van der Waals surface area contributed by atoms with E-state index in [2.05, 4.69) is 10.6 Å². The maximum Gasteiger partial charge on any atom is 0.254 e. The molecule has 31 heavy (non-hydrogen) atoms. The smallest absolute Gasteiger partial charge is 0.254 e. The van der Waals surface area contributed by atoms with Crippen molar-refractivity contribution in [3.8, 4) is 11.5 Å². The zero-order valence-corrected chi connectivity index (χ0v) is 18.7. The molecule has 7 heteroatoms. The van der Waals surface area contributed by atoms with Gasteiger partial charge in [0.15, 0.2) is 11.5 Å². The number of hydrogen-bond donors (Lipinski definition) is 2. The summed E-state index contributed by atoms with van der Waals surface area (Å²) in [5.74, 6) is -0.547. The van der Waals surface area contributed by atoms with Crippen molar-refractivity contribution in [3.63, 3.8) is 0 Å². The largest absolute Gasteiger partial charge is 0.490 e. The van der Waals surface area contributed by atoms with Crippen LogP contribution in [0.2, 0.25) is 0 Å². The average molecular weight is 431 g/mol. The molecule has 0 spiro atoms. The molecule has 2 N–H and O–H groups in total. The van der Waals surface area contributed by atoms with Crippen LogP contribution in [0.4, 0.5) is 4.39 Å². The Morgan fingerprint density at radius 2 is 1.58 bits per heavy atom. The molecule has 2 unspecified atom stereocenters. The molecule has 6 nitrogen and oxygen atoms in total. The fourth-order valence-electron chi connectivity index (χ4n) is 3.12.